The number of rotatable bonds is 4. The standard InChI is InChI=1S/C15H19N3O2/c1-9-5-7-12(8-6-9)10(2)16-14-13(15(19)20)11(3)17-18(14)4/h5-8,10,16H,1-4H3,(H,19,20). The van der Waals surface area contributed by atoms with Gasteiger partial charge in [0, 0.05) is 13.1 Å². The molecule has 0 saturated heterocycles. The topological polar surface area (TPSA) is 67.2 Å². The van der Waals surface area contributed by atoms with Crippen LogP contribution in [0.3, 0.4) is 0 Å². The van der Waals surface area contributed by atoms with Crippen molar-refractivity contribution in [2.75, 3.05) is 5.32 Å². The van der Waals surface area contributed by atoms with Crippen molar-refractivity contribution in [2.45, 2.75) is 26.8 Å². The third-order valence-corrected chi connectivity index (χ3v) is 3.37. The summed E-state index contributed by atoms with van der Waals surface area (Å²) in [5, 5.41) is 16.7. The Labute approximate surface area is 118 Å². The number of aromatic carboxylic acids is 1. The van der Waals surface area contributed by atoms with Gasteiger partial charge in [-0.05, 0) is 26.3 Å². The van der Waals surface area contributed by atoms with E-state index in [-0.39, 0.29) is 11.6 Å². The van der Waals surface area contributed by atoms with Crippen LogP contribution in [0.15, 0.2) is 24.3 Å². The van der Waals surface area contributed by atoms with Crippen LogP contribution in [0, 0.1) is 13.8 Å². The quantitative estimate of drug-likeness (QED) is 0.898. The highest BCUT2D eigenvalue weighted by Crippen LogP contribution is 2.24. The Balaban J connectivity index is 2.30. The second-order valence-electron chi connectivity index (χ2n) is 5.01. The van der Waals surface area contributed by atoms with Crippen LogP contribution in [0.25, 0.3) is 0 Å². The van der Waals surface area contributed by atoms with E-state index in [4.69, 9.17) is 0 Å². The van der Waals surface area contributed by atoms with Gasteiger partial charge >= 0.3 is 5.97 Å². The number of hydrogen-bond acceptors (Lipinski definition) is 3. The molecule has 0 spiro atoms. The molecule has 5 heteroatoms. The number of aryl methyl sites for hydroxylation is 3. The second-order valence-corrected chi connectivity index (χ2v) is 5.01. The van der Waals surface area contributed by atoms with Crippen molar-refractivity contribution in [3.8, 4) is 0 Å². The minimum absolute atomic E-state index is 0.00324. The highest BCUT2D eigenvalue weighted by atomic mass is 16.4. The molecule has 1 atom stereocenters. The molecule has 0 amide bonds. The summed E-state index contributed by atoms with van der Waals surface area (Å²) < 4.78 is 1.57. The number of benzene rings is 1. The third-order valence-electron chi connectivity index (χ3n) is 3.37. The van der Waals surface area contributed by atoms with Gasteiger partial charge < -0.3 is 10.4 Å². The van der Waals surface area contributed by atoms with Gasteiger partial charge in [0.15, 0.2) is 0 Å². The fraction of sp³-hybridized carbons (Fsp3) is 0.333. The molecule has 1 aromatic heterocycles. The van der Waals surface area contributed by atoms with Crippen molar-refractivity contribution in [3.63, 3.8) is 0 Å². The van der Waals surface area contributed by atoms with Crippen molar-refractivity contribution in [3.05, 3.63) is 46.6 Å². The smallest absolute Gasteiger partial charge is 0.341 e. The third kappa shape index (κ3) is 2.66. The molecular weight excluding hydrogens is 254 g/mol. The Kier molecular flexibility index (Phi) is 3.79. The number of carboxylic acid groups (broad SMARTS) is 1. The zero-order valence-electron chi connectivity index (χ0n) is 12.1. The van der Waals surface area contributed by atoms with Gasteiger partial charge in [-0.15, -0.1) is 0 Å². The maximum Gasteiger partial charge on any atom is 0.341 e. The number of anilines is 1. The number of nitrogens with one attached hydrogen (secondary N) is 1. The summed E-state index contributed by atoms with van der Waals surface area (Å²) in [6.45, 7) is 5.73. The van der Waals surface area contributed by atoms with Gasteiger partial charge in [-0.2, -0.15) is 5.10 Å². The van der Waals surface area contributed by atoms with Crippen LogP contribution in [-0.4, -0.2) is 20.9 Å². The predicted octanol–water partition coefficient (Wildman–Crippen LogP) is 2.91. The first-order chi connectivity index (χ1) is 9.40. The lowest BCUT2D eigenvalue weighted by Gasteiger charge is -2.16. The first-order valence-electron chi connectivity index (χ1n) is 6.50. The van der Waals surface area contributed by atoms with Crippen LogP contribution in [0.4, 0.5) is 5.82 Å². The van der Waals surface area contributed by atoms with Crippen LogP contribution in [0.1, 0.15) is 40.1 Å². The molecule has 0 saturated carbocycles. The van der Waals surface area contributed by atoms with Crippen molar-refractivity contribution in [1.82, 2.24) is 9.78 Å². The molecule has 0 aliphatic rings. The Morgan fingerprint density at radius 1 is 1.30 bits per heavy atom. The summed E-state index contributed by atoms with van der Waals surface area (Å²) in [7, 11) is 1.74. The van der Waals surface area contributed by atoms with Gasteiger partial charge in [0.25, 0.3) is 0 Å². The molecule has 0 radical (unpaired) electrons. The zero-order valence-corrected chi connectivity index (χ0v) is 12.1. The predicted molar refractivity (Wildman–Crippen MR) is 78.1 cm³/mol. The summed E-state index contributed by atoms with van der Waals surface area (Å²) in [5.41, 5.74) is 3.04. The first kappa shape index (κ1) is 14.1. The van der Waals surface area contributed by atoms with Crippen molar-refractivity contribution in [1.29, 1.82) is 0 Å². The summed E-state index contributed by atoms with van der Waals surface area (Å²) in [5.74, 6) is -0.433. The summed E-state index contributed by atoms with van der Waals surface area (Å²) in [6, 6.07) is 8.16. The van der Waals surface area contributed by atoms with E-state index in [9.17, 15) is 9.90 Å². The zero-order chi connectivity index (χ0) is 14.9. The monoisotopic (exact) mass is 273 g/mol. The molecule has 1 unspecified atom stereocenters. The number of carboxylic acids is 1. The average molecular weight is 273 g/mol. The average Bonchev–Trinajstić information content (AvgIpc) is 2.64. The van der Waals surface area contributed by atoms with Crippen LogP contribution in [-0.2, 0) is 7.05 Å². The molecule has 2 N–H and O–H groups in total. The van der Waals surface area contributed by atoms with Gasteiger partial charge in [0.1, 0.15) is 11.4 Å². The van der Waals surface area contributed by atoms with E-state index in [1.54, 1.807) is 18.7 Å². The maximum atomic E-state index is 11.3. The Bertz CT molecular complexity index is 629. The van der Waals surface area contributed by atoms with Crippen LogP contribution in [0.5, 0.6) is 0 Å². The van der Waals surface area contributed by atoms with E-state index in [1.165, 1.54) is 5.56 Å². The molecule has 1 aromatic carbocycles. The van der Waals surface area contributed by atoms with Gasteiger partial charge in [-0.3, -0.25) is 4.68 Å². The van der Waals surface area contributed by atoms with Gasteiger partial charge in [-0.25, -0.2) is 4.79 Å². The molecule has 106 valence electrons. The number of carbonyl (C=O) groups is 1. The van der Waals surface area contributed by atoms with Gasteiger partial charge in [0.05, 0.1) is 5.69 Å². The molecule has 0 aliphatic heterocycles. The number of aromatic nitrogens is 2. The van der Waals surface area contributed by atoms with E-state index >= 15 is 0 Å². The van der Waals surface area contributed by atoms with E-state index in [1.807, 2.05) is 38.1 Å². The Hall–Kier alpha value is -2.30. The van der Waals surface area contributed by atoms with Crippen molar-refractivity contribution >= 4 is 11.8 Å². The van der Waals surface area contributed by atoms with Crippen LogP contribution in [0.2, 0.25) is 0 Å². The molecule has 2 rings (SSSR count). The highest BCUT2D eigenvalue weighted by Gasteiger charge is 2.21. The molecule has 0 aliphatic carbocycles. The molecular formula is C15H19N3O2. The fourth-order valence-electron chi connectivity index (χ4n) is 2.22. The first-order valence-corrected chi connectivity index (χ1v) is 6.50. The Morgan fingerprint density at radius 3 is 2.45 bits per heavy atom. The van der Waals surface area contributed by atoms with E-state index < -0.39 is 5.97 Å². The minimum atomic E-state index is -0.964. The maximum absolute atomic E-state index is 11.3. The van der Waals surface area contributed by atoms with Crippen LogP contribution < -0.4 is 5.32 Å². The van der Waals surface area contributed by atoms with Gasteiger partial charge in [-0.1, -0.05) is 29.8 Å². The number of hydrogen-bond donors (Lipinski definition) is 2. The fourth-order valence-corrected chi connectivity index (χ4v) is 2.22. The second kappa shape index (κ2) is 5.36. The summed E-state index contributed by atoms with van der Waals surface area (Å²) in [6.07, 6.45) is 0. The van der Waals surface area contributed by atoms with Gasteiger partial charge in [0.2, 0.25) is 0 Å². The molecule has 2 aromatic rings. The van der Waals surface area contributed by atoms with Crippen LogP contribution >= 0.6 is 0 Å². The molecule has 5 nitrogen and oxygen atoms in total. The largest absolute Gasteiger partial charge is 0.477 e. The number of nitrogens with zero attached hydrogens (tertiary/aromatic N) is 2. The van der Waals surface area contributed by atoms with E-state index in [2.05, 4.69) is 10.4 Å². The summed E-state index contributed by atoms with van der Waals surface area (Å²) in [4.78, 5) is 11.3. The normalized spacial score (nSPS) is 12.2. The lowest BCUT2D eigenvalue weighted by atomic mass is 10.1. The van der Waals surface area contributed by atoms with Crippen molar-refractivity contribution in [2.24, 2.45) is 7.05 Å². The minimum Gasteiger partial charge on any atom is -0.477 e. The van der Waals surface area contributed by atoms with E-state index in [0.29, 0.717) is 11.5 Å². The molecule has 0 fully saturated rings. The van der Waals surface area contributed by atoms with E-state index in [0.717, 1.165) is 5.56 Å². The SMILES string of the molecule is Cc1ccc(C(C)Nc2c(C(=O)O)c(C)nn2C)cc1. The lowest BCUT2D eigenvalue weighted by molar-refractivity contribution is 0.0697. The molecule has 0 bridgehead atoms. The lowest BCUT2D eigenvalue weighted by Crippen LogP contribution is -2.13. The van der Waals surface area contributed by atoms with Crippen molar-refractivity contribution < 1.29 is 9.90 Å². The molecule has 20 heavy (non-hydrogen) atoms. The molecule has 1 heterocycles. The summed E-state index contributed by atoms with van der Waals surface area (Å²) >= 11 is 0. The highest BCUT2D eigenvalue weighted by molar-refractivity contribution is 5.94. The Morgan fingerprint density at radius 2 is 1.90 bits per heavy atom.